The molecular weight excluding hydrogens is 330 g/mol. The zero-order valence-electron chi connectivity index (χ0n) is 16.0. The van der Waals surface area contributed by atoms with E-state index in [1.165, 1.54) is 19.3 Å². The third kappa shape index (κ3) is 2.34. The fourth-order valence-corrected chi connectivity index (χ4v) is 9.10. The summed E-state index contributed by atoms with van der Waals surface area (Å²) < 4.78 is 11.9. The van der Waals surface area contributed by atoms with Gasteiger partial charge in [-0.05, 0) is 86.4 Å². The van der Waals surface area contributed by atoms with Crippen molar-refractivity contribution in [3.05, 3.63) is 0 Å². The van der Waals surface area contributed by atoms with Gasteiger partial charge >= 0.3 is 0 Å². The molecule has 5 fully saturated rings. The second-order valence-corrected chi connectivity index (χ2v) is 11.6. The van der Waals surface area contributed by atoms with E-state index in [-0.39, 0.29) is 28.3 Å². The van der Waals surface area contributed by atoms with Crippen LogP contribution in [0.25, 0.3) is 0 Å². The predicted molar refractivity (Wildman–Crippen MR) is 100 cm³/mol. The van der Waals surface area contributed by atoms with Crippen molar-refractivity contribution in [1.82, 2.24) is 0 Å². The van der Waals surface area contributed by atoms with Gasteiger partial charge in [-0.25, -0.2) is 0 Å². The molecule has 5 aliphatic carbocycles. The van der Waals surface area contributed by atoms with Crippen molar-refractivity contribution in [3.63, 3.8) is 0 Å². The van der Waals surface area contributed by atoms with E-state index in [9.17, 15) is 14.6 Å². The first-order valence-electron chi connectivity index (χ1n) is 10.2. The number of nitriles is 1. The van der Waals surface area contributed by atoms with Gasteiger partial charge in [-0.15, -0.1) is 0 Å². The van der Waals surface area contributed by atoms with Gasteiger partial charge in [0, 0.05) is 22.8 Å². The highest BCUT2D eigenvalue weighted by Gasteiger charge is 2.67. The van der Waals surface area contributed by atoms with Crippen LogP contribution < -0.4 is 0 Å². The molecular formula is C21H33NO2S. The minimum absolute atomic E-state index is 0.0255. The SMILES string of the molecule is CS(=O)C[C@H]1[C@H]2CC[C@@]3(CC[C@H]4[C@@](C)(CCC[C@@]4(C)C#N)[C@@H]3C2)[C@@H]1O. The average Bonchev–Trinajstić information content (AvgIpc) is 2.57. The second-order valence-electron chi connectivity index (χ2n) is 10.1. The maximum Gasteiger partial charge on any atom is 0.0689 e. The highest BCUT2D eigenvalue weighted by atomic mass is 32.2. The van der Waals surface area contributed by atoms with E-state index in [1.54, 1.807) is 6.26 Å². The number of aliphatic hydroxyl groups excluding tert-OH is 1. The molecule has 2 bridgehead atoms. The first-order valence-corrected chi connectivity index (χ1v) is 11.9. The van der Waals surface area contributed by atoms with Gasteiger partial charge in [-0.2, -0.15) is 5.26 Å². The van der Waals surface area contributed by atoms with E-state index in [0.717, 1.165) is 32.1 Å². The molecule has 1 spiro atoms. The Balaban J connectivity index is 1.71. The van der Waals surface area contributed by atoms with Crippen LogP contribution in [0.2, 0.25) is 0 Å². The summed E-state index contributed by atoms with van der Waals surface area (Å²) in [6.07, 6.45) is 10.6. The van der Waals surface area contributed by atoms with Crippen LogP contribution in [0.3, 0.4) is 0 Å². The summed E-state index contributed by atoms with van der Waals surface area (Å²) in [6.45, 7) is 4.63. The minimum atomic E-state index is -0.836. The van der Waals surface area contributed by atoms with Crippen LogP contribution >= 0.6 is 0 Å². The van der Waals surface area contributed by atoms with Crippen LogP contribution in [-0.2, 0) is 10.8 Å². The summed E-state index contributed by atoms with van der Waals surface area (Å²) in [7, 11) is -0.836. The van der Waals surface area contributed by atoms with Gasteiger partial charge in [0.1, 0.15) is 0 Å². The van der Waals surface area contributed by atoms with E-state index in [1.807, 2.05) is 0 Å². The third-order valence-electron chi connectivity index (χ3n) is 9.17. The molecule has 0 aromatic carbocycles. The average molecular weight is 364 g/mol. The number of rotatable bonds is 2. The molecule has 4 heteroatoms. The molecule has 5 aliphatic rings. The summed E-state index contributed by atoms with van der Waals surface area (Å²) in [5, 5.41) is 21.3. The van der Waals surface area contributed by atoms with Gasteiger partial charge in [0.2, 0.25) is 0 Å². The van der Waals surface area contributed by atoms with E-state index in [0.29, 0.717) is 23.5 Å². The molecule has 1 N–H and O–H groups in total. The Bertz CT molecular complexity index is 630. The number of aliphatic hydroxyl groups is 1. The van der Waals surface area contributed by atoms with Gasteiger partial charge in [-0.1, -0.05) is 13.3 Å². The van der Waals surface area contributed by atoms with Crippen LogP contribution in [0.15, 0.2) is 0 Å². The van der Waals surface area contributed by atoms with Crippen molar-refractivity contribution < 1.29 is 9.32 Å². The topological polar surface area (TPSA) is 61.1 Å². The molecule has 0 aliphatic heterocycles. The molecule has 0 aromatic heterocycles. The zero-order chi connectivity index (χ0) is 18.0. The van der Waals surface area contributed by atoms with Crippen molar-refractivity contribution in [1.29, 1.82) is 5.26 Å². The van der Waals surface area contributed by atoms with Gasteiger partial charge in [0.15, 0.2) is 0 Å². The summed E-state index contributed by atoms with van der Waals surface area (Å²) in [5.41, 5.74) is 0.0231. The van der Waals surface area contributed by atoms with Gasteiger partial charge < -0.3 is 5.11 Å². The summed E-state index contributed by atoms with van der Waals surface area (Å²) in [4.78, 5) is 0. The Kier molecular flexibility index (Phi) is 4.17. The Morgan fingerprint density at radius 2 is 1.88 bits per heavy atom. The largest absolute Gasteiger partial charge is 0.392 e. The Hall–Kier alpha value is -0.400. The van der Waals surface area contributed by atoms with Crippen LogP contribution in [-0.4, -0.2) is 27.4 Å². The van der Waals surface area contributed by atoms with Crippen molar-refractivity contribution in [2.75, 3.05) is 12.0 Å². The van der Waals surface area contributed by atoms with E-state index in [4.69, 9.17) is 0 Å². The van der Waals surface area contributed by atoms with Crippen molar-refractivity contribution >= 4 is 10.8 Å². The minimum Gasteiger partial charge on any atom is -0.392 e. The Morgan fingerprint density at radius 1 is 1.16 bits per heavy atom. The van der Waals surface area contributed by atoms with Crippen LogP contribution in [0, 0.1) is 51.2 Å². The van der Waals surface area contributed by atoms with Gasteiger partial charge in [0.05, 0.1) is 17.6 Å². The normalized spacial score (nSPS) is 55.7. The fourth-order valence-electron chi connectivity index (χ4n) is 8.11. The maximum absolute atomic E-state index is 11.9. The second kappa shape index (κ2) is 5.80. The number of hydrogen-bond acceptors (Lipinski definition) is 3. The van der Waals surface area contributed by atoms with Crippen molar-refractivity contribution in [2.45, 2.75) is 71.3 Å². The first-order chi connectivity index (χ1) is 11.8. The van der Waals surface area contributed by atoms with Crippen LogP contribution in [0.4, 0.5) is 0 Å². The Morgan fingerprint density at radius 3 is 2.56 bits per heavy atom. The molecule has 0 heterocycles. The molecule has 9 atom stereocenters. The highest BCUT2D eigenvalue weighted by Crippen LogP contribution is 2.72. The molecule has 5 saturated carbocycles. The lowest BCUT2D eigenvalue weighted by Gasteiger charge is -2.69. The smallest absolute Gasteiger partial charge is 0.0689 e. The van der Waals surface area contributed by atoms with Crippen LogP contribution in [0.1, 0.15) is 65.2 Å². The lowest BCUT2D eigenvalue weighted by Crippen LogP contribution is -2.66. The zero-order valence-corrected chi connectivity index (χ0v) is 16.8. The first kappa shape index (κ1) is 18.0. The standard InChI is InChI=1S/C21H33NO2S/c1-19(13-22)7-4-8-20(2)16(19)6-10-21-9-5-14(11-17(20)21)15(18(21)23)12-25(3)24/h14-18,23H,4-12H2,1-3H3/t14-,15-,16+,17-,18+,19-,20+,21-,25?/m0/s1. The van der Waals surface area contributed by atoms with Gasteiger partial charge in [0.25, 0.3) is 0 Å². The summed E-state index contributed by atoms with van der Waals surface area (Å²) in [6, 6.07) is 2.69. The molecule has 3 nitrogen and oxygen atoms in total. The third-order valence-corrected chi connectivity index (χ3v) is 10.0. The maximum atomic E-state index is 11.9. The van der Waals surface area contributed by atoms with Crippen LogP contribution in [0.5, 0.6) is 0 Å². The van der Waals surface area contributed by atoms with Crippen molar-refractivity contribution in [2.24, 2.45) is 39.9 Å². The number of fused-ring (bicyclic) bond motifs is 3. The predicted octanol–water partition coefficient (Wildman–Crippen LogP) is 3.89. The molecule has 25 heavy (non-hydrogen) atoms. The van der Waals surface area contributed by atoms with E-state index in [2.05, 4.69) is 19.9 Å². The quantitative estimate of drug-likeness (QED) is 0.809. The molecule has 5 rings (SSSR count). The summed E-state index contributed by atoms with van der Waals surface area (Å²) >= 11 is 0. The van der Waals surface area contributed by atoms with Crippen molar-refractivity contribution in [3.8, 4) is 6.07 Å². The van der Waals surface area contributed by atoms with E-state index >= 15 is 0 Å². The molecule has 1 unspecified atom stereocenters. The number of nitrogens with zero attached hydrogens (tertiary/aromatic N) is 1. The lowest BCUT2D eigenvalue weighted by atomic mass is 9.36. The molecule has 0 saturated heterocycles. The van der Waals surface area contributed by atoms with Gasteiger partial charge in [-0.3, -0.25) is 4.21 Å². The molecule has 0 aromatic rings. The monoisotopic (exact) mass is 363 g/mol. The van der Waals surface area contributed by atoms with E-state index < -0.39 is 10.8 Å². The fraction of sp³-hybridized carbons (Fsp3) is 0.952. The molecule has 0 radical (unpaired) electrons. The summed E-state index contributed by atoms with van der Waals surface area (Å²) in [5.74, 6) is 2.43. The molecule has 0 amide bonds. The highest BCUT2D eigenvalue weighted by molar-refractivity contribution is 7.84. The molecule has 140 valence electrons. The Labute approximate surface area is 155 Å². The lowest BCUT2D eigenvalue weighted by molar-refractivity contribution is -0.235. The number of hydrogen-bond donors (Lipinski definition) is 1.